The third-order valence-electron chi connectivity index (χ3n) is 4.98. The van der Waals surface area contributed by atoms with Gasteiger partial charge in [-0.2, -0.15) is 0 Å². The van der Waals surface area contributed by atoms with Gasteiger partial charge in [-0.3, -0.25) is 4.79 Å². The molecule has 0 aliphatic carbocycles. The molecule has 0 fully saturated rings. The van der Waals surface area contributed by atoms with Crippen molar-refractivity contribution < 1.29 is 9.18 Å². The molecule has 3 nitrogen and oxygen atoms in total. The van der Waals surface area contributed by atoms with Crippen LogP contribution in [-0.4, -0.2) is 25.5 Å². The molecule has 27 heavy (non-hydrogen) atoms. The van der Waals surface area contributed by atoms with E-state index in [1.165, 1.54) is 23.3 Å². The topological polar surface area (TPSA) is 41.1 Å². The van der Waals surface area contributed by atoms with Crippen molar-refractivity contribution in [3.63, 3.8) is 0 Å². The summed E-state index contributed by atoms with van der Waals surface area (Å²) in [6, 6.07) is 15.0. The van der Waals surface area contributed by atoms with E-state index in [4.69, 9.17) is 0 Å². The smallest absolute Gasteiger partial charge is 0.237 e. The summed E-state index contributed by atoms with van der Waals surface area (Å²) in [5.41, 5.74) is 3.53. The van der Waals surface area contributed by atoms with Gasteiger partial charge >= 0.3 is 0 Å². The Balaban J connectivity index is 2.01. The molecule has 4 heteroatoms. The summed E-state index contributed by atoms with van der Waals surface area (Å²) in [5, 5.41) is 6.10. The van der Waals surface area contributed by atoms with Gasteiger partial charge in [0.25, 0.3) is 0 Å². The molecule has 1 amide bonds. The average molecular weight is 371 g/mol. The minimum absolute atomic E-state index is 0.0427. The lowest BCUT2D eigenvalue weighted by atomic mass is 9.87. The molecule has 2 atom stereocenters. The van der Waals surface area contributed by atoms with Crippen LogP contribution in [0.15, 0.2) is 48.5 Å². The Morgan fingerprint density at radius 2 is 1.56 bits per heavy atom. The van der Waals surface area contributed by atoms with Crippen LogP contribution < -0.4 is 10.6 Å². The summed E-state index contributed by atoms with van der Waals surface area (Å²) in [4.78, 5) is 12.3. The monoisotopic (exact) mass is 370 g/mol. The first-order valence-electron chi connectivity index (χ1n) is 9.69. The van der Waals surface area contributed by atoms with E-state index in [1.807, 2.05) is 33.0 Å². The van der Waals surface area contributed by atoms with Crippen LogP contribution in [0.4, 0.5) is 4.39 Å². The molecular weight excluding hydrogens is 339 g/mol. The fourth-order valence-corrected chi connectivity index (χ4v) is 3.41. The molecule has 0 spiro atoms. The predicted molar refractivity (Wildman–Crippen MR) is 109 cm³/mol. The first kappa shape index (κ1) is 21.1. The van der Waals surface area contributed by atoms with Gasteiger partial charge < -0.3 is 10.6 Å². The van der Waals surface area contributed by atoms with Crippen molar-refractivity contribution in [1.29, 1.82) is 0 Å². The lowest BCUT2D eigenvalue weighted by molar-refractivity contribution is -0.124. The number of benzene rings is 2. The number of halogens is 1. The Morgan fingerprint density at radius 1 is 1.00 bits per heavy atom. The molecule has 0 saturated carbocycles. The van der Waals surface area contributed by atoms with E-state index in [0.29, 0.717) is 6.54 Å². The van der Waals surface area contributed by atoms with Crippen LogP contribution in [0.3, 0.4) is 0 Å². The number of hydrogen-bond acceptors (Lipinski definition) is 2. The Morgan fingerprint density at radius 3 is 2.07 bits per heavy atom. The minimum Gasteiger partial charge on any atom is -0.355 e. The largest absolute Gasteiger partial charge is 0.355 e. The van der Waals surface area contributed by atoms with Gasteiger partial charge in [0.1, 0.15) is 5.82 Å². The van der Waals surface area contributed by atoms with Crippen molar-refractivity contribution >= 4 is 5.91 Å². The van der Waals surface area contributed by atoms with Crippen molar-refractivity contribution in [2.24, 2.45) is 5.92 Å². The van der Waals surface area contributed by atoms with Crippen molar-refractivity contribution in [2.75, 3.05) is 13.6 Å². The Hall–Kier alpha value is -2.20. The third-order valence-corrected chi connectivity index (χ3v) is 4.98. The van der Waals surface area contributed by atoms with E-state index < -0.39 is 0 Å². The number of carbonyl (C=O) groups excluding carboxylic acids is 1. The van der Waals surface area contributed by atoms with E-state index in [2.05, 4.69) is 41.8 Å². The summed E-state index contributed by atoms with van der Waals surface area (Å²) < 4.78 is 13.3. The van der Waals surface area contributed by atoms with Crippen LogP contribution in [0.2, 0.25) is 0 Å². The van der Waals surface area contributed by atoms with Crippen LogP contribution in [0.5, 0.6) is 0 Å². The Bertz CT molecular complexity index is 665. The molecule has 1 unspecified atom stereocenters. The summed E-state index contributed by atoms with van der Waals surface area (Å²) in [7, 11) is 1.81. The van der Waals surface area contributed by atoms with Crippen molar-refractivity contribution in [3.8, 4) is 0 Å². The van der Waals surface area contributed by atoms with Gasteiger partial charge in [-0.1, -0.05) is 55.8 Å². The van der Waals surface area contributed by atoms with Crippen molar-refractivity contribution in [3.05, 3.63) is 71.0 Å². The standard InChI is InChI=1S/C23H31FN2O/c1-16(2)22(25-4)23(27)26-15-5-6-21(18-9-7-17(3)8-10-18)19-11-13-20(24)14-12-19/h7-14,16,21-22,25H,5-6,15H2,1-4H3,(H,26,27)/t21?,22-/m0/s1. The molecule has 2 rings (SSSR count). The van der Waals surface area contributed by atoms with Gasteiger partial charge in [0.2, 0.25) is 5.91 Å². The number of nitrogens with one attached hydrogen (secondary N) is 2. The SMILES string of the molecule is CN[C@H](C(=O)NCCCC(c1ccc(C)cc1)c1ccc(F)cc1)C(C)C. The maximum absolute atomic E-state index is 13.3. The zero-order valence-electron chi connectivity index (χ0n) is 16.8. The molecule has 0 aliphatic rings. The van der Waals surface area contributed by atoms with Crippen molar-refractivity contribution in [1.82, 2.24) is 10.6 Å². The van der Waals surface area contributed by atoms with Gasteiger partial charge in [-0.05, 0) is 56.0 Å². The Labute approximate surface area is 162 Å². The summed E-state index contributed by atoms with van der Waals surface area (Å²) in [6.45, 7) is 6.76. The minimum atomic E-state index is -0.222. The summed E-state index contributed by atoms with van der Waals surface area (Å²) in [6.07, 6.45) is 1.75. The molecule has 0 aromatic heterocycles. The molecule has 2 aromatic carbocycles. The second-order valence-electron chi connectivity index (χ2n) is 7.46. The van der Waals surface area contributed by atoms with E-state index in [1.54, 1.807) is 0 Å². The van der Waals surface area contributed by atoms with Crippen molar-refractivity contribution in [2.45, 2.75) is 45.6 Å². The van der Waals surface area contributed by atoms with Gasteiger partial charge in [0, 0.05) is 12.5 Å². The molecule has 2 aromatic rings. The third kappa shape index (κ3) is 6.17. The second kappa shape index (κ2) is 10.2. The molecule has 2 N–H and O–H groups in total. The normalized spacial score (nSPS) is 13.4. The zero-order valence-corrected chi connectivity index (χ0v) is 16.8. The van der Waals surface area contributed by atoms with Crippen LogP contribution >= 0.6 is 0 Å². The van der Waals surface area contributed by atoms with E-state index in [0.717, 1.165) is 18.4 Å². The quantitative estimate of drug-likeness (QED) is 0.642. The molecule has 0 bridgehead atoms. The number of hydrogen-bond donors (Lipinski definition) is 2. The number of rotatable bonds is 9. The molecule has 0 saturated heterocycles. The van der Waals surface area contributed by atoms with Crippen LogP contribution in [0.25, 0.3) is 0 Å². The van der Waals surface area contributed by atoms with Gasteiger partial charge in [0.05, 0.1) is 6.04 Å². The van der Waals surface area contributed by atoms with Crippen LogP contribution in [-0.2, 0) is 4.79 Å². The fraction of sp³-hybridized carbons (Fsp3) is 0.435. The highest BCUT2D eigenvalue weighted by Gasteiger charge is 2.20. The van der Waals surface area contributed by atoms with Gasteiger partial charge in [-0.15, -0.1) is 0 Å². The number of aryl methyl sites for hydroxylation is 1. The number of likely N-dealkylation sites (N-methyl/N-ethyl adjacent to an activating group) is 1. The molecule has 0 aliphatic heterocycles. The lowest BCUT2D eigenvalue weighted by Gasteiger charge is -2.21. The molecule has 146 valence electrons. The maximum Gasteiger partial charge on any atom is 0.237 e. The highest BCUT2D eigenvalue weighted by molar-refractivity contribution is 5.81. The first-order valence-corrected chi connectivity index (χ1v) is 9.69. The first-order chi connectivity index (χ1) is 12.9. The second-order valence-corrected chi connectivity index (χ2v) is 7.46. The van der Waals surface area contributed by atoms with E-state index >= 15 is 0 Å². The number of carbonyl (C=O) groups is 1. The fourth-order valence-electron chi connectivity index (χ4n) is 3.41. The average Bonchev–Trinajstić information content (AvgIpc) is 2.64. The van der Waals surface area contributed by atoms with Crippen LogP contribution in [0, 0.1) is 18.7 Å². The summed E-state index contributed by atoms with van der Waals surface area (Å²) in [5.74, 6) is 0.254. The molecule has 0 radical (unpaired) electrons. The Kier molecular flexibility index (Phi) is 7.99. The van der Waals surface area contributed by atoms with Crippen LogP contribution in [0.1, 0.15) is 49.3 Å². The predicted octanol–water partition coefficient (Wildman–Crippen LogP) is 4.41. The highest BCUT2D eigenvalue weighted by atomic mass is 19.1. The zero-order chi connectivity index (χ0) is 19.8. The van der Waals surface area contributed by atoms with E-state index in [-0.39, 0.29) is 29.6 Å². The van der Waals surface area contributed by atoms with Gasteiger partial charge in [-0.25, -0.2) is 4.39 Å². The lowest BCUT2D eigenvalue weighted by Crippen LogP contribution is -2.46. The van der Waals surface area contributed by atoms with E-state index in [9.17, 15) is 9.18 Å². The number of amides is 1. The maximum atomic E-state index is 13.3. The van der Waals surface area contributed by atoms with Gasteiger partial charge in [0.15, 0.2) is 0 Å². The molecular formula is C23H31FN2O. The highest BCUT2D eigenvalue weighted by Crippen LogP contribution is 2.29. The molecule has 0 heterocycles. The summed E-state index contributed by atoms with van der Waals surface area (Å²) >= 11 is 0.